The average Bonchev–Trinajstić information content (AvgIpc) is 2.64. The van der Waals surface area contributed by atoms with Crippen molar-refractivity contribution in [2.24, 2.45) is 0 Å². The van der Waals surface area contributed by atoms with Crippen molar-refractivity contribution in [1.82, 2.24) is 4.98 Å². The van der Waals surface area contributed by atoms with Gasteiger partial charge in [0.25, 0.3) is 5.91 Å². The summed E-state index contributed by atoms with van der Waals surface area (Å²) < 4.78 is 0. The number of nitrogens with one attached hydrogen (secondary N) is 2. The van der Waals surface area contributed by atoms with Crippen LogP contribution < -0.4 is 10.6 Å². The smallest absolute Gasteiger partial charge is 0.255 e. The lowest BCUT2D eigenvalue weighted by molar-refractivity contribution is 0.102. The van der Waals surface area contributed by atoms with E-state index in [4.69, 9.17) is 5.26 Å². The van der Waals surface area contributed by atoms with Gasteiger partial charge in [0.2, 0.25) is 0 Å². The Bertz CT molecular complexity index is 883. The zero-order valence-corrected chi connectivity index (χ0v) is 12.7. The van der Waals surface area contributed by atoms with Crippen LogP contribution in [0.15, 0.2) is 72.9 Å². The molecule has 0 unspecified atom stereocenters. The number of pyridine rings is 1. The number of carbonyl (C=O) groups excluding carboxylic acids is 1. The fourth-order valence-corrected chi connectivity index (χ4v) is 2.15. The molecule has 1 heterocycles. The van der Waals surface area contributed by atoms with Gasteiger partial charge in [-0.05, 0) is 42.5 Å². The normalized spacial score (nSPS) is 9.79. The molecule has 24 heavy (non-hydrogen) atoms. The van der Waals surface area contributed by atoms with Gasteiger partial charge in [-0.1, -0.05) is 24.3 Å². The number of aromatic nitrogens is 1. The van der Waals surface area contributed by atoms with Crippen LogP contribution in [-0.4, -0.2) is 10.9 Å². The molecule has 1 aromatic heterocycles. The summed E-state index contributed by atoms with van der Waals surface area (Å²) >= 11 is 0. The summed E-state index contributed by atoms with van der Waals surface area (Å²) in [7, 11) is 0. The second-order valence-corrected chi connectivity index (χ2v) is 5.07. The Hall–Kier alpha value is -3.65. The summed E-state index contributed by atoms with van der Waals surface area (Å²) in [6, 6.07) is 21.8. The maximum atomic E-state index is 12.1. The van der Waals surface area contributed by atoms with Gasteiger partial charge in [0.05, 0.1) is 23.5 Å². The summed E-state index contributed by atoms with van der Waals surface area (Å²) in [4.78, 5) is 16.3. The van der Waals surface area contributed by atoms with Crippen molar-refractivity contribution in [3.8, 4) is 6.07 Å². The number of amides is 1. The van der Waals surface area contributed by atoms with Gasteiger partial charge in [0.1, 0.15) is 5.82 Å². The van der Waals surface area contributed by atoms with Gasteiger partial charge in [-0.2, -0.15) is 5.26 Å². The molecular formula is C19H14N4O. The zero-order valence-electron chi connectivity index (χ0n) is 12.7. The second-order valence-electron chi connectivity index (χ2n) is 5.07. The van der Waals surface area contributed by atoms with Gasteiger partial charge in [0, 0.05) is 11.3 Å². The SMILES string of the molecule is N#Cc1cccc(Nc2ccc(NC(=O)c3ccccc3)cn2)c1. The highest BCUT2D eigenvalue weighted by molar-refractivity contribution is 6.04. The van der Waals surface area contributed by atoms with Crippen LogP contribution in [0.4, 0.5) is 17.2 Å². The van der Waals surface area contributed by atoms with E-state index in [1.165, 1.54) is 0 Å². The molecule has 116 valence electrons. The monoisotopic (exact) mass is 314 g/mol. The van der Waals surface area contributed by atoms with Gasteiger partial charge < -0.3 is 10.6 Å². The van der Waals surface area contributed by atoms with Crippen LogP contribution >= 0.6 is 0 Å². The number of nitrogens with zero attached hydrogens (tertiary/aromatic N) is 2. The first-order valence-electron chi connectivity index (χ1n) is 7.34. The minimum absolute atomic E-state index is 0.181. The average molecular weight is 314 g/mol. The van der Waals surface area contributed by atoms with E-state index in [0.717, 1.165) is 5.69 Å². The van der Waals surface area contributed by atoms with E-state index in [0.29, 0.717) is 22.6 Å². The van der Waals surface area contributed by atoms with E-state index in [1.54, 1.807) is 48.7 Å². The molecular weight excluding hydrogens is 300 g/mol. The Morgan fingerprint density at radius 1 is 0.958 bits per heavy atom. The number of nitriles is 1. The van der Waals surface area contributed by atoms with Crippen LogP contribution in [-0.2, 0) is 0 Å². The first-order chi connectivity index (χ1) is 11.7. The van der Waals surface area contributed by atoms with E-state index in [2.05, 4.69) is 21.7 Å². The number of rotatable bonds is 4. The fourth-order valence-electron chi connectivity index (χ4n) is 2.15. The van der Waals surface area contributed by atoms with Crippen LogP contribution in [0.1, 0.15) is 15.9 Å². The van der Waals surface area contributed by atoms with Crippen LogP contribution in [0.3, 0.4) is 0 Å². The predicted octanol–water partition coefficient (Wildman–Crippen LogP) is 3.95. The van der Waals surface area contributed by atoms with Crippen molar-refractivity contribution < 1.29 is 4.79 Å². The van der Waals surface area contributed by atoms with E-state index in [1.807, 2.05) is 24.3 Å². The molecule has 0 aliphatic rings. The van der Waals surface area contributed by atoms with E-state index < -0.39 is 0 Å². The van der Waals surface area contributed by atoms with E-state index >= 15 is 0 Å². The van der Waals surface area contributed by atoms with E-state index in [9.17, 15) is 4.79 Å². The third kappa shape index (κ3) is 3.76. The van der Waals surface area contributed by atoms with Gasteiger partial charge in [-0.15, -0.1) is 0 Å². The maximum Gasteiger partial charge on any atom is 0.255 e. The summed E-state index contributed by atoms with van der Waals surface area (Å²) in [5.74, 6) is 0.447. The van der Waals surface area contributed by atoms with Gasteiger partial charge >= 0.3 is 0 Å². The van der Waals surface area contributed by atoms with Gasteiger partial charge in [-0.3, -0.25) is 4.79 Å². The lowest BCUT2D eigenvalue weighted by atomic mass is 10.2. The Labute approximate surface area is 139 Å². The van der Waals surface area contributed by atoms with Crippen molar-refractivity contribution in [3.63, 3.8) is 0 Å². The lowest BCUT2D eigenvalue weighted by Gasteiger charge is -2.08. The molecule has 2 N–H and O–H groups in total. The zero-order chi connectivity index (χ0) is 16.8. The summed E-state index contributed by atoms with van der Waals surface area (Å²) in [6.45, 7) is 0. The molecule has 2 aromatic carbocycles. The molecule has 0 spiro atoms. The van der Waals surface area contributed by atoms with Crippen molar-refractivity contribution >= 4 is 23.1 Å². The lowest BCUT2D eigenvalue weighted by Crippen LogP contribution is -2.11. The quantitative estimate of drug-likeness (QED) is 0.764. The van der Waals surface area contributed by atoms with Crippen molar-refractivity contribution in [1.29, 1.82) is 5.26 Å². The number of benzene rings is 2. The number of carbonyl (C=O) groups is 1. The van der Waals surface area contributed by atoms with Crippen LogP contribution in [0.2, 0.25) is 0 Å². The van der Waals surface area contributed by atoms with Crippen molar-refractivity contribution in [2.75, 3.05) is 10.6 Å². The van der Waals surface area contributed by atoms with Crippen molar-refractivity contribution in [3.05, 3.63) is 84.1 Å². The predicted molar refractivity (Wildman–Crippen MR) is 93.1 cm³/mol. The van der Waals surface area contributed by atoms with Crippen LogP contribution in [0, 0.1) is 11.3 Å². The molecule has 0 aliphatic carbocycles. The molecule has 5 nitrogen and oxygen atoms in total. The molecule has 3 rings (SSSR count). The summed E-state index contributed by atoms with van der Waals surface area (Å²) in [6.07, 6.45) is 1.58. The molecule has 0 saturated carbocycles. The highest BCUT2D eigenvalue weighted by Crippen LogP contribution is 2.17. The third-order valence-corrected chi connectivity index (χ3v) is 3.32. The van der Waals surface area contributed by atoms with Crippen molar-refractivity contribution in [2.45, 2.75) is 0 Å². The Morgan fingerprint density at radius 2 is 1.79 bits per heavy atom. The van der Waals surface area contributed by atoms with Gasteiger partial charge in [0.15, 0.2) is 0 Å². The first-order valence-corrected chi connectivity index (χ1v) is 7.34. The maximum absolute atomic E-state index is 12.1. The Balaban J connectivity index is 1.67. The number of hydrogen-bond acceptors (Lipinski definition) is 4. The molecule has 0 aliphatic heterocycles. The molecule has 0 bridgehead atoms. The topological polar surface area (TPSA) is 77.8 Å². The molecule has 1 amide bonds. The molecule has 3 aromatic rings. The summed E-state index contributed by atoms with van der Waals surface area (Å²) in [5.41, 5.74) is 2.56. The van der Waals surface area contributed by atoms with E-state index in [-0.39, 0.29) is 5.91 Å². The Morgan fingerprint density at radius 3 is 2.50 bits per heavy atom. The minimum atomic E-state index is -0.181. The highest BCUT2D eigenvalue weighted by Gasteiger charge is 2.05. The molecule has 0 atom stereocenters. The standard InChI is InChI=1S/C19H14N4O/c20-12-14-5-4-8-16(11-14)22-18-10-9-17(13-21-18)23-19(24)15-6-2-1-3-7-15/h1-11,13H,(H,21,22)(H,23,24). The van der Waals surface area contributed by atoms with Crippen LogP contribution in [0.5, 0.6) is 0 Å². The molecule has 0 saturated heterocycles. The minimum Gasteiger partial charge on any atom is -0.340 e. The molecule has 0 radical (unpaired) electrons. The highest BCUT2D eigenvalue weighted by atomic mass is 16.1. The Kier molecular flexibility index (Phi) is 4.50. The molecule has 5 heteroatoms. The first kappa shape index (κ1) is 15.3. The van der Waals surface area contributed by atoms with Crippen LogP contribution in [0.25, 0.3) is 0 Å². The fraction of sp³-hybridized carbons (Fsp3) is 0. The second kappa shape index (κ2) is 7.07. The molecule has 0 fully saturated rings. The largest absolute Gasteiger partial charge is 0.340 e. The number of hydrogen-bond donors (Lipinski definition) is 2. The third-order valence-electron chi connectivity index (χ3n) is 3.32. The summed E-state index contributed by atoms with van der Waals surface area (Å²) in [5, 5.41) is 14.8. The number of anilines is 3. The van der Waals surface area contributed by atoms with Gasteiger partial charge in [-0.25, -0.2) is 4.98 Å².